The summed E-state index contributed by atoms with van der Waals surface area (Å²) in [4.78, 5) is 10.4. The lowest BCUT2D eigenvalue weighted by Crippen LogP contribution is -2.14. The summed E-state index contributed by atoms with van der Waals surface area (Å²) in [5.41, 5.74) is 0.491. The Labute approximate surface area is 88.0 Å². The molecule has 4 nitrogen and oxygen atoms in total. The molecular formula is C11H13NO3. The molecule has 80 valence electrons. The molecule has 0 heterocycles. The van der Waals surface area contributed by atoms with Crippen molar-refractivity contribution in [2.24, 2.45) is 0 Å². The number of hydrogen-bond acceptors (Lipinski definition) is 3. The van der Waals surface area contributed by atoms with Gasteiger partial charge >= 0.3 is 5.97 Å². The summed E-state index contributed by atoms with van der Waals surface area (Å²) in [6.45, 7) is 2.50. The third-order valence-electron chi connectivity index (χ3n) is 1.87. The fourth-order valence-corrected chi connectivity index (χ4v) is 1.15. The number of carboxylic acids is 1. The molecule has 0 aromatic heterocycles. The van der Waals surface area contributed by atoms with E-state index in [1.807, 2.05) is 6.92 Å². The lowest BCUT2D eigenvalue weighted by molar-refractivity contribution is -0.129. The lowest BCUT2D eigenvalue weighted by atomic mass is 10.1. The Balaban J connectivity index is 2.64. The van der Waals surface area contributed by atoms with Crippen molar-refractivity contribution >= 4 is 11.7 Å². The van der Waals surface area contributed by atoms with Gasteiger partial charge in [0.2, 0.25) is 0 Å². The molecule has 0 unspecified atom stereocenters. The maximum absolute atomic E-state index is 10.4. The first-order valence-corrected chi connectivity index (χ1v) is 4.66. The highest BCUT2D eigenvalue weighted by molar-refractivity contribution is 6.34. The van der Waals surface area contributed by atoms with E-state index < -0.39 is 5.97 Å². The molecule has 0 aliphatic heterocycles. The normalized spacial score (nSPS) is 9.67. The second kappa shape index (κ2) is 5.14. The van der Waals surface area contributed by atoms with E-state index in [0.717, 1.165) is 11.3 Å². The third-order valence-corrected chi connectivity index (χ3v) is 1.87. The van der Waals surface area contributed by atoms with Gasteiger partial charge in [0.15, 0.2) is 0 Å². The number of aliphatic carboxylic acids is 1. The maximum atomic E-state index is 10.4. The van der Waals surface area contributed by atoms with Crippen molar-refractivity contribution in [1.29, 1.82) is 5.41 Å². The van der Waals surface area contributed by atoms with Gasteiger partial charge in [0.1, 0.15) is 11.5 Å². The Kier molecular flexibility index (Phi) is 3.85. The van der Waals surface area contributed by atoms with Crippen LogP contribution in [0.4, 0.5) is 0 Å². The molecule has 0 aliphatic carbocycles. The minimum absolute atomic E-state index is 0.141. The zero-order valence-electron chi connectivity index (χ0n) is 8.49. The van der Waals surface area contributed by atoms with E-state index in [1.165, 1.54) is 0 Å². The number of nitrogens with one attached hydrogen (secondary N) is 1. The molecule has 0 atom stereocenters. The van der Waals surface area contributed by atoms with Gasteiger partial charge in [-0.05, 0) is 24.6 Å². The predicted molar refractivity (Wildman–Crippen MR) is 56.7 cm³/mol. The highest BCUT2D eigenvalue weighted by Gasteiger charge is 2.07. The van der Waals surface area contributed by atoms with Gasteiger partial charge in [-0.2, -0.15) is 0 Å². The molecule has 0 saturated carbocycles. The van der Waals surface area contributed by atoms with Crippen LogP contribution in [0.1, 0.15) is 12.5 Å². The Bertz CT molecular complexity index is 357. The minimum Gasteiger partial charge on any atom is -0.494 e. The van der Waals surface area contributed by atoms with Gasteiger partial charge in [0.25, 0.3) is 0 Å². The van der Waals surface area contributed by atoms with E-state index in [-0.39, 0.29) is 12.1 Å². The van der Waals surface area contributed by atoms with Gasteiger partial charge < -0.3 is 9.84 Å². The van der Waals surface area contributed by atoms with E-state index in [9.17, 15) is 4.79 Å². The van der Waals surface area contributed by atoms with Crippen molar-refractivity contribution in [3.63, 3.8) is 0 Å². The number of carboxylic acid groups (broad SMARTS) is 1. The molecule has 0 radical (unpaired) electrons. The topological polar surface area (TPSA) is 70.4 Å². The second-order valence-electron chi connectivity index (χ2n) is 3.04. The molecule has 0 saturated heterocycles. The summed E-state index contributed by atoms with van der Waals surface area (Å²) in [5.74, 6) is -0.424. The monoisotopic (exact) mass is 207 g/mol. The predicted octanol–water partition coefficient (Wildman–Crippen LogP) is 1.73. The number of hydrogen-bond donors (Lipinski definition) is 2. The van der Waals surface area contributed by atoms with Crippen LogP contribution in [-0.2, 0) is 11.2 Å². The molecule has 0 bridgehead atoms. The highest BCUT2D eigenvalue weighted by Crippen LogP contribution is 2.12. The van der Waals surface area contributed by atoms with Gasteiger partial charge in [-0.1, -0.05) is 12.1 Å². The summed E-state index contributed by atoms with van der Waals surface area (Å²) >= 11 is 0. The van der Waals surface area contributed by atoms with Crippen LogP contribution in [-0.4, -0.2) is 23.4 Å². The summed E-state index contributed by atoms with van der Waals surface area (Å²) in [6.07, 6.45) is 0.141. The van der Waals surface area contributed by atoms with Crippen molar-refractivity contribution in [1.82, 2.24) is 0 Å². The molecule has 15 heavy (non-hydrogen) atoms. The van der Waals surface area contributed by atoms with Crippen molar-refractivity contribution in [2.45, 2.75) is 13.3 Å². The molecule has 0 fully saturated rings. The average molecular weight is 207 g/mol. The summed E-state index contributed by atoms with van der Waals surface area (Å²) in [5, 5.41) is 15.7. The van der Waals surface area contributed by atoms with Crippen LogP contribution in [0.25, 0.3) is 0 Å². The molecule has 1 rings (SSSR count). The maximum Gasteiger partial charge on any atom is 0.349 e. The fourth-order valence-electron chi connectivity index (χ4n) is 1.15. The Hall–Kier alpha value is -1.84. The molecule has 2 N–H and O–H groups in total. The standard InChI is InChI=1S/C11H13NO3/c1-2-15-9-5-3-8(4-6-9)7-10(12)11(13)14/h3-6,12H,2,7H2,1H3,(H,13,14). The first-order chi connectivity index (χ1) is 7.13. The van der Waals surface area contributed by atoms with Crippen LogP contribution >= 0.6 is 0 Å². The van der Waals surface area contributed by atoms with Crippen molar-refractivity contribution in [3.05, 3.63) is 29.8 Å². The van der Waals surface area contributed by atoms with E-state index >= 15 is 0 Å². The number of benzene rings is 1. The van der Waals surface area contributed by atoms with Crippen LogP contribution in [0.15, 0.2) is 24.3 Å². The molecule has 1 aromatic rings. The van der Waals surface area contributed by atoms with Crippen molar-refractivity contribution < 1.29 is 14.6 Å². The molecule has 1 aromatic carbocycles. The molecule has 4 heteroatoms. The first-order valence-electron chi connectivity index (χ1n) is 4.66. The van der Waals surface area contributed by atoms with Gasteiger partial charge in [-0.3, -0.25) is 5.41 Å². The van der Waals surface area contributed by atoms with Gasteiger partial charge in [0, 0.05) is 6.42 Å². The number of rotatable bonds is 5. The zero-order chi connectivity index (χ0) is 11.3. The number of carbonyl (C=O) groups is 1. The van der Waals surface area contributed by atoms with E-state index in [1.54, 1.807) is 24.3 Å². The minimum atomic E-state index is -1.18. The SMILES string of the molecule is CCOc1ccc(CC(=N)C(=O)O)cc1. The van der Waals surface area contributed by atoms with E-state index in [2.05, 4.69) is 0 Å². The van der Waals surface area contributed by atoms with Crippen LogP contribution in [0.5, 0.6) is 5.75 Å². The van der Waals surface area contributed by atoms with Crippen molar-refractivity contribution in [2.75, 3.05) is 6.61 Å². The third kappa shape index (κ3) is 3.42. The molecule has 0 amide bonds. The van der Waals surface area contributed by atoms with E-state index in [0.29, 0.717) is 6.61 Å². The quantitative estimate of drug-likeness (QED) is 0.722. The number of ether oxygens (including phenoxy) is 1. The fraction of sp³-hybridized carbons (Fsp3) is 0.273. The van der Waals surface area contributed by atoms with Crippen LogP contribution in [0, 0.1) is 5.41 Å². The first kappa shape index (κ1) is 11.2. The smallest absolute Gasteiger partial charge is 0.349 e. The molecule has 0 spiro atoms. The van der Waals surface area contributed by atoms with Crippen LogP contribution < -0.4 is 4.74 Å². The summed E-state index contributed by atoms with van der Waals surface area (Å²) in [7, 11) is 0. The summed E-state index contributed by atoms with van der Waals surface area (Å²) < 4.78 is 5.24. The van der Waals surface area contributed by atoms with Gasteiger partial charge in [0.05, 0.1) is 6.61 Å². The highest BCUT2D eigenvalue weighted by atomic mass is 16.5. The van der Waals surface area contributed by atoms with E-state index in [4.69, 9.17) is 15.3 Å². The molecular weight excluding hydrogens is 194 g/mol. The van der Waals surface area contributed by atoms with Crippen molar-refractivity contribution in [3.8, 4) is 5.75 Å². The van der Waals surface area contributed by atoms with Crippen LogP contribution in [0.2, 0.25) is 0 Å². The lowest BCUT2D eigenvalue weighted by Gasteiger charge is -2.04. The second-order valence-corrected chi connectivity index (χ2v) is 3.04. The Morgan fingerprint density at radius 3 is 2.47 bits per heavy atom. The largest absolute Gasteiger partial charge is 0.494 e. The zero-order valence-corrected chi connectivity index (χ0v) is 8.49. The van der Waals surface area contributed by atoms with Gasteiger partial charge in [-0.15, -0.1) is 0 Å². The summed E-state index contributed by atoms with van der Waals surface area (Å²) in [6, 6.07) is 7.08. The Morgan fingerprint density at radius 1 is 1.40 bits per heavy atom. The van der Waals surface area contributed by atoms with Gasteiger partial charge in [-0.25, -0.2) is 4.79 Å². The average Bonchev–Trinajstić information content (AvgIpc) is 2.21. The molecule has 0 aliphatic rings. The Morgan fingerprint density at radius 2 is 2.00 bits per heavy atom. The van der Waals surface area contributed by atoms with Crippen LogP contribution in [0.3, 0.4) is 0 Å².